The number of hydrogen-bond acceptors (Lipinski definition) is 0. The van der Waals surface area contributed by atoms with Crippen LogP contribution in [0, 0.1) is 36.2 Å². The van der Waals surface area contributed by atoms with Gasteiger partial charge in [-0.05, 0) is 59.8 Å². The second-order valence-electron chi connectivity index (χ2n) is 6.62. The topological polar surface area (TPSA) is 0 Å². The number of rotatable bonds is 1. The molecule has 0 atom stereocenters. The van der Waals surface area contributed by atoms with Crippen LogP contribution in [0.4, 0.5) is 13.2 Å². The van der Waals surface area contributed by atoms with Crippen LogP contribution in [0.1, 0.15) is 16.7 Å². The van der Waals surface area contributed by atoms with Gasteiger partial charge in [0.05, 0.1) is 0 Å². The van der Waals surface area contributed by atoms with Crippen LogP contribution in [0.2, 0.25) is 0 Å². The molecule has 0 unspecified atom stereocenters. The molecule has 0 saturated heterocycles. The van der Waals surface area contributed by atoms with Crippen LogP contribution in [0.5, 0.6) is 0 Å². The summed E-state index contributed by atoms with van der Waals surface area (Å²) in [5, 5.41) is 0.375. The Kier molecular flexibility index (Phi) is 4.63. The van der Waals surface area contributed by atoms with Crippen LogP contribution in [0.3, 0.4) is 0 Å². The van der Waals surface area contributed by atoms with E-state index in [1.54, 1.807) is 12.1 Å². The summed E-state index contributed by atoms with van der Waals surface area (Å²) in [6.45, 7) is 2.03. The molecule has 0 amide bonds. The first-order valence-corrected chi connectivity index (χ1v) is 8.78. The molecule has 4 rings (SSSR count). The van der Waals surface area contributed by atoms with E-state index in [4.69, 9.17) is 0 Å². The molecule has 0 fully saturated rings. The lowest BCUT2D eigenvalue weighted by Gasteiger charge is -2.06. The zero-order valence-electron chi connectivity index (χ0n) is 15.1. The lowest BCUT2D eigenvalue weighted by Crippen LogP contribution is -1.92. The van der Waals surface area contributed by atoms with Gasteiger partial charge in [0.1, 0.15) is 0 Å². The van der Waals surface area contributed by atoms with Crippen LogP contribution in [-0.4, -0.2) is 0 Å². The molecule has 0 nitrogen and oxygen atoms in total. The van der Waals surface area contributed by atoms with E-state index in [1.807, 2.05) is 55.5 Å². The van der Waals surface area contributed by atoms with Crippen LogP contribution < -0.4 is 0 Å². The monoisotopic (exact) mass is 372 g/mol. The molecule has 0 aliphatic rings. The Hall–Kier alpha value is -3.51. The Balaban J connectivity index is 1.64. The Morgan fingerprint density at radius 2 is 1.18 bits per heavy atom. The maximum atomic E-state index is 13.9. The van der Waals surface area contributed by atoms with E-state index in [9.17, 15) is 13.2 Å². The normalized spacial score (nSPS) is 10.6. The van der Waals surface area contributed by atoms with Gasteiger partial charge in [-0.1, -0.05) is 53.8 Å². The van der Waals surface area contributed by atoms with E-state index in [0.29, 0.717) is 5.39 Å². The number of fused-ring (bicyclic) bond motifs is 1. The average molecular weight is 372 g/mol. The highest BCUT2D eigenvalue weighted by Gasteiger charge is 2.13. The third-order valence-electron chi connectivity index (χ3n) is 4.59. The van der Waals surface area contributed by atoms with Crippen molar-refractivity contribution in [1.82, 2.24) is 0 Å². The van der Waals surface area contributed by atoms with Crippen LogP contribution in [-0.2, 0) is 0 Å². The third-order valence-corrected chi connectivity index (χ3v) is 4.59. The predicted octanol–water partition coefficient (Wildman–Crippen LogP) is 6.63. The first-order chi connectivity index (χ1) is 13.5. The fourth-order valence-corrected chi connectivity index (χ4v) is 3.01. The average Bonchev–Trinajstić information content (AvgIpc) is 2.72. The molecule has 0 heterocycles. The van der Waals surface area contributed by atoms with E-state index in [2.05, 4.69) is 11.8 Å². The van der Waals surface area contributed by atoms with Crippen molar-refractivity contribution >= 4 is 10.8 Å². The minimum Gasteiger partial charge on any atom is -0.204 e. The van der Waals surface area contributed by atoms with E-state index < -0.39 is 17.5 Å². The molecular weight excluding hydrogens is 357 g/mol. The van der Waals surface area contributed by atoms with Gasteiger partial charge >= 0.3 is 0 Å². The summed E-state index contributed by atoms with van der Waals surface area (Å²) >= 11 is 0. The third kappa shape index (κ3) is 3.50. The highest BCUT2D eigenvalue weighted by molar-refractivity contribution is 5.88. The van der Waals surface area contributed by atoms with E-state index in [-0.39, 0.29) is 5.39 Å². The maximum absolute atomic E-state index is 13.9. The standard InChI is InChI=1S/C25H15F3/c1-16-2-4-17(5-3-16)6-7-18-8-10-19(11-9-18)20-12-13-22-21(14-20)15-23(26)25(28)24(22)27/h2-5,8-15H,1H3. The number of aryl methyl sites for hydroxylation is 1. The summed E-state index contributed by atoms with van der Waals surface area (Å²) in [5.41, 5.74) is 4.67. The Labute approximate surface area is 161 Å². The van der Waals surface area contributed by atoms with Crippen molar-refractivity contribution < 1.29 is 13.2 Å². The molecule has 4 aromatic carbocycles. The molecule has 0 N–H and O–H groups in total. The van der Waals surface area contributed by atoms with Gasteiger partial charge in [0, 0.05) is 16.5 Å². The van der Waals surface area contributed by atoms with Crippen molar-refractivity contribution in [3.8, 4) is 23.0 Å². The number of halogens is 3. The smallest absolute Gasteiger partial charge is 0.195 e. The summed E-state index contributed by atoms with van der Waals surface area (Å²) < 4.78 is 40.8. The van der Waals surface area contributed by atoms with E-state index in [0.717, 1.165) is 28.3 Å². The van der Waals surface area contributed by atoms with Crippen molar-refractivity contribution in [3.05, 3.63) is 107 Å². The van der Waals surface area contributed by atoms with Gasteiger partial charge in [-0.3, -0.25) is 0 Å². The molecule has 0 radical (unpaired) electrons. The SMILES string of the molecule is Cc1ccc(C#Cc2ccc(-c3ccc4c(F)c(F)c(F)cc4c3)cc2)cc1. The number of hydrogen-bond donors (Lipinski definition) is 0. The van der Waals surface area contributed by atoms with Gasteiger partial charge in [-0.2, -0.15) is 0 Å². The largest absolute Gasteiger partial charge is 0.204 e. The molecule has 28 heavy (non-hydrogen) atoms. The summed E-state index contributed by atoms with van der Waals surface area (Å²) in [6, 6.07) is 21.4. The van der Waals surface area contributed by atoms with Gasteiger partial charge < -0.3 is 0 Å². The van der Waals surface area contributed by atoms with Crippen molar-refractivity contribution in [1.29, 1.82) is 0 Å². The highest BCUT2D eigenvalue weighted by atomic mass is 19.2. The molecule has 4 aromatic rings. The summed E-state index contributed by atoms with van der Waals surface area (Å²) in [5.74, 6) is 2.44. The number of benzene rings is 4. The minimum absolute atomic E-state index is 0.0586. The second-order valence-corrected chi connectivity index (χ2v) is 6.62. The molecule has 0 aromatic heterocycles. The Morgan fingerprint density at radius 1 is 0.607 bits per heavy atom. The van der Waals surface area contributed by atoms with Crippen LogP contribution >= 0.6 is 0 Å². The first-order valence-electron chi connectivity index (χ1n) is 8.78. The Morgan fingerprint density at radius 3 is 1.82 bits per heavy atom. The van der Waals surface area contributed by atoms with Gasteiger partial charge in [-0.25, -0.2) is 13.2 Å². The van der Waals surface area contributed by atoms with Gasteiger partial charge in [0.2, 0.25) is 0 Å². The van der Waals surface area contributed by atoms with Crippen molar-refractivity contribution in [2.24, 2.45) is 0 Å². The van der Waals surface area contributed by atoms with Crippen LogP contribution in [0.25, 0.3) is 21.9 Å². The molecule has 0 aliphatic carbocycles. The lowest BCUT2D eigenvalue weighted by molar-refractivity contribution is 0.453. The van der Waals surface area contributed by atoms with Crippen LogP contribution in [0.15, 0.2) is 72.8 Å². The Bertz CT molecular complexity index is 1230. The molecule has 0 saturated carbocycles. The lowest BCUT2D eigenvalue weighted by atomic mass is 10.00. The zero-order valence-corrected chi connectivity index (χ0v) is 15.1. The van der Waals surface area contributed by atoms with Crippen molar-refractivity contribution in [2.45, 2.75) is 6.92 Å². The molecular formula is C25H15F3. The molecule has 0 spiro atoms. The first kappa shape index (κ1) is 17.9. The summed E-state index contributed by atoms with van der Waals surface area (Å²) in [6.07, 6.45) is 0. The predicted molar refractivity (Wildman–Crippen MR) is 106 cm³/mol. The van der Waals surface area contributed by atoms with E-state index in [1.165, 1.54) is 11.6 Å². The fourth-order valence-electron chi connectivity index (χ4n) is 3.01. The van der Waals surface area contributed by atoms with Crippen molar-refractivity contribution in [2.75, 3.05) is 0 Å². The van der Waals surface area contributed by atoms with Crippen molar-refractivity contribution in [3.63, 3.8) is 0 Å². The molecule has 0 bridgehead atoms. The summed E-state index contributed by atoms with van der Waals surface area (Å²) in [7, 11) is 0. The quantitative estimate of drug-likeness (QED) is 0.260. The van der Waals surface area contributed by atoms with E-state index >= 15 is 0 Å². The van der Waals surface area contributed by atoms with Gasteiger partial charge in [-0.15, -0.1) is 0 Å². The van der Waals surface area contributed by atoms with Gasteiger partial charge in [0.15, 0.2) is 17.5 Å². The summed E-state index contributed by atoms with van der Waals surface area (Å²) in [4.78, 5) is 0. The zero-order chi connectivity index (χ0) is 19.7. The van der Waals surface area contributed by atoms with Gasteiger partial charge in [0.25, 0.3) is 0 Å². The fraction of sp³-hybridized carbons (Fsp3) is 0.0400. The molecule has 3 heteroatoms. The maximum Gasteiger partial charge on any atom is 0.195 e. The highest BCUT2D eigenvalue weighted by Crippen LogP contribution is 2.28. The molecule has 0 aliphatic heterocycles. The molecule has 136 valence electrons. The second kappa shape index (κ2) is 7.25. The minimum atomic E-state index is -1.45.